The smallest absolute Gasteiger partial charge is 0.264 e. The maximum atomic E-state index is 10.1. The van der Waals surface area contributed by atoms with E-state index < -0.39 is 22.4 Å². The summed E-state index contributed by atoms with van der Waals surface area (Å²) in [5.41, 5.74) is 3.17. The number of hydrogen-bond donors (Lipinski definition) is 2. The fourth-order valence-electron chi connectivity index (χ4n) is 0.177. The highest BCUT2D eigenvalue weighted by Gasteiger charge is 2.00. The van der Waals surface area contributed by atoms with Gasteiger partial charge in [0.1, 0.15) is 0 Å². The Morgan fingerprint density at radius 3 is 2.38 bits per heavy atom. The number of rotatable bonds is 3. The van der Waals surface area contributed by atoms with Crippen LogP contribution in [0.1, 0.15) is 9.16 Å². The molecule has 0 aromatic rings. The van der Waals surface area contributed by atoms with Gasteiger partial charge in [-0.05, 0) is 12.9 Å². The molecule has 0 aromatic carbocycles. The van der Waals surface area contributed by atoms with E-state index in [0.29, 0.717) is 0 Å². The first-order valence-electron chi connectivity index (χ1n) is 3.06. The average molecular weight is 141 g/mol. The summed E-state index contributed by atoms with van der Waals surface area (Å²) in [6.07, 6.45) is -0.376. The maximum Gasteiger partial charge on any atom is 0.264 e. The second-order valence-electron chi connectivity index (χ2n) is 1.15. The van der Waals surface area contributed by atoms with Crippen LogP contribution in [0.3, 0.4) is 0 Å². The molecule has 4 nitrogen and oxygen atoms in total. The van der Waals surface area contributed by atoms with Gasteiger partial charge in [-0.25, -0.2) is 0 Å². The van der Waals surface area contributed by atoms with Crippen LogP contribution < -0.4 is 5.73 Å². The molecule has 0 aliphatic rings. The topological polar surface area (TPSA) is 80.4 Å². The Morgan fingerprint density at radius 1 is 1.75 bits per heavy atom. The Morgan fingerprint density at radius 2 is 2.25 bits per heavy atom. The SMILES string of the molecule is [2H]C(N)CC([2H])S(=O)(=O)O. The van der Waals surface area contributed by atoms with E-state index in [1.54, 1.807) is 0 Å². The lowest BCUT2D eigenvalue weighted by Gasteiger charge is -1.90. The molecule has 0 saturated carbocycles. The van der Waals surface area contributed by atoms with E-state index in [1.165, 1.54) is 0 Å². The Hall–Kier alpha value is -0.130. The van der Waals surface area contributed by atoms with E-state index in [4.69, 9.17) is 13.0 Å². The monoisotopic (exact) mass is 141 g/mol. The molecule has 0 heterocycles. The van der Waals surface area contributed by atoms with Crippen molar-refractivity contribution in [1.29, 1.82) is 0 Å². The van der Waals surface area contributed by atoms with E-state index >= 15 is 0 Å². The van der Waals surface area contributed by atoms with E-state index in [-0.39, 0.29) is 6.42 Å². The van der Waals surface area contributed by atoms with E-state index in [0.717, 1.165) is 0 Å². The standard InChI is InChI=1S/C3H9NO3S/c4-2-1-3-8(5,6)7/h1-4H2,(H,5,6,7)/i2D,3D. The lowest BCUT2D eigenvalue weighted by Crippen LogP contribution is -2.09. The maximum absolute atomic E-state index is 10.1. The van der Waals surface area contributed by atoms with Gasteiger partial charge in [-0.15, -0.1) is 0 Å². The number of nitrogens with two attached hydrogens (primary N) is 1. The van der Waals surface area contributed by atoms with Crippen molar-refractivity contribution >= 4 is 10.1 Å². The van der Waals surface area contributed by atoms with Crippen LogP contribution in [0.5, 0.6) is 0 Å². The van der Waals surface area contributed by atoms with Crippen LogP contribution in [-0.2, 0) is 10.1 Å². The molecule has 50 valence electrons. The van der Waals surface area contributed by atoms with Gasteiger partial charge in [0.2, 0.25) is 0 Å². The molecule has 2 atom stereocenters. The zero-order chi connectivity index (χ0) is 8.36. The summed E-state index contributed by atoms with van der Waals surface area (Å²) in [5, 5.41) is 0. The highest BCUT2D eigenvalue weighted by molar-refractivity contribution is 7.85. The molecule has 0 amide bonds. The average Bonchev–Trinajstić information content (AvgIpc) is 1.60. The minimum absolute atomic E-state index is 0.376. The van der Waals surface area contributed by atoms with Gasteiger partial charge in [0.15, 0.2) is 0 Å². The van der Waals surface area contributed by atoms with Gasteiger partial charge in [-0.1, -0.05) is 0 Å². The van der Waals surface area contributed by atoms with Crippen LogP contribution in [0, 0.1) is 0 Å². The van der Waals surface area contributed by atoms with Crippen LogP contribution >= 0.6 is 0 Å². The van der Waals surface area contributed by atoms with Crippen molar-refractivity contribution in [2.75, 3.05) is 12.2 Å². The molecule has 0 aliphatic carbocycles. The minimum Gasteiger partial charge on any atom is -0.330 e. The molecule has 8 heavy (non-hydrogen) atoms. The molecule has 0 saturated heterocycles. The summed E-state index contributed by atoms with van der Waals surface area (Å²) in [7, 11) is -4.33. The predicted octanol–water partition coefficient (Wildman–Crippen LogP) is -0.777. The zero-order valence-electron chi connectivity index (χ0n) is 6.11. The van der Waals surface area contributed by atoms with Gasteiger partial charge >= 0.3 is 0 Å². The Kier molecular flexibility index (Phi) is 1.78. The molecule has 3 N–H and O–H groups in total. The van der Waals surface area contributed by atoms with Gasteiger partial charge in [-0.2, -0.15) is 8.42 Å². The van der Waals surface area contributed by atoms with Crippen molar-refractivity contribution in [3.05, 3.63) is 0 Å². The van der Waals surface area contributed by atoms with Crippen molar-refractivity contribution in [1.82, 2.24) is 0 Å². The molecular weight excluding hydrogens is 130 g/mol. The molecule has 0 aliphatic heterocycles. The normalized spacial score (nSPS) is 23.2. The van der Waals surface area contributed by atoms with Crippen LogP contribution in [0.2, 0.25) is 0 Å². The molecule has 2 unspecified atom stereocenters. The molecule has 0 spiro atoms. The van der Waals surface area contributed by atoms with E-state index in [1.807, 2.05) is 0 Å². The molecular formula is C3H9NO3S. The molecule has 0 radical (unpaired) electrons. The fraction of sp³-hybridized carbons (Fsp3) is 1.00. The van der Waals surface area contributed by atoms with E-state index in [2.05, 4.69) is 0 Å². The summed E-state index contributed by atoms with van der Waals surface area (Å²) >= 11 is 0. The summed E-state index contributed by atoms with van der Waals surface area (Å²) < 4.78 is 41.8. The third-order valence-electron chi connectivity index (χ3n) is 0.443. The first-order valence-corrected chi connectivity index (χ1v) is 3.40. The van der Waals surface area contributed by atoms with Crippen molar-refractivity contribution in [2.24, 2.45) is 5.73 Å². The van der Waals surface area contributed by atoms with Crippen molar-refractivity contribution in [3.63, 3.8) is 0 Å². The van der Waals surface area contributed by atoms with Gasteiger partial charge in [0, 0.05) is 2.74 Å². The quantitative estimate of drug-likeness (QED) is 0.505. The predicted molar refractivity (Wildman–Crippen MR) is 30.1 cm³/mol. The molecule has 0 bridgehead atoms. The third kappa shape index (κ3) is 5.87. The molecule has 0 rings (SSSR count). The Bertz CT molecular complexity index is 190. The molecule has 0 aromatic heterocycles. The van der Waals surface area contributed by atoms with Crippen LogP contribution in [0.25, 0.3) is 0 Å². The first-order chi connectivity index (χ1) is 4.34. The molecule has 5 heteroatoms. The van der Waals surface area contributed by atoms with Crippen LogP contribution in [0.4, 0.5) is 0 Å². The van der Waals surface area contributed by atoms with Gasteiger partial charge < -0.3 is 5.73 Å². The fourth-order valence-corrected chi connectivity index (χ4v) is 0.531. The second kappa shape index (κ2) is 3.01. The summed E-state index contributed by atoms with van der Waals surface area (Å²) in [5.74, 6) is 0. The highest BCUT2D eigenvalue weighted by Crippen LogP contribution is 1.83. The van der Waals surface area contributed by atoms with Gasteiger partial charge in [0.05, 0.1) is 5.73 Å². The second-order valence-corrected chi connectivity index (χ2v) is 2.52. The summed E-state index contributed by atoms with van der Waals surface area (Å²) in [6, 6.07) is 0. The van der Waals surface area contributed by atoms with Gasteiger partial charge in [0.25, 0.3) is 10.1 Å². The van der Waals surface area contributed by atoms with E-state index in [9.17, 15) is 8.42 Å². The van der Waals surface area contributed by atoms with Crippen molar-refractivity contribution in [3.8, 4) is 0 Å². The summed E-state index contributed by atoms with van der Waals surface area (Å²) in [4.78, 5) is 0. The number of hydrogen-bond acceptors (Lipinski definition) is 3. The first kappa shape index (κ1) is 4.72. The highest BCUT2D eigenvalue weighted by atomic mass is 32.2. The van der Waals surface area contributed by atoms with Crippen molar-refractivity contribution in [2.45, 2.75) is 6.42 Å². The lowest BCUT2D eigenvalue weighted by atomic mass is 10.5. The zero-order valence-corrected chi connectivity index (χ0v) is 4.93. The minimum atomic E-state index is -4.33. The lowest BCUT2D eigenvalue weighted by molar-refractivity contribution is 0.481. The van der Waals surface area contributed by atoms with Crippen LogP contribution in [0.15, 0.2) is 0 Å². The Balaban J connectivity index is 3.99. The Labute approximate surface area is 51.2 Å². The third-order valence-corrected chi connectivity index (χ3v) is 1.06. The molecule has 0 fully saturated rings. The van der Waals surface area contributed by atoms with Crippen LogP contribution in [-0.4, -0.2) is 25.2 Å². The largest absolute Gasteiger partial charge is 0.330 e. The van der Waals surface area contributed by atoms with Crippen molar-refractivity contribution < 1.29 is 15.7 Å². The van der Waals surface area contributed by atoms with Gasteiger partial charge in [-0.3, -0.25) is 4.55 Å². The summed E-state index contributed by atoms with van der Waals surface area (Å²) in [6.45, 7) is -1.13.